The number of ether oxygens (including phenoxy) is 1. The number of aromatic nitrogens is 3. The molecule has 2 aromatic rings. The third-order valence-electron chi connectivity index (χ3n) is 3.15. The number of nitrogens with one attached hydrogen (secondary N) is 3. The summed E-state index contributed by atoms with van der Waals surface area (Å²) >= 11 is 0. The maximum absolute atomic E-state index is 5.15. The zero-order chi connectivity index (χ0) is 16.5. The van der Waals surface area contributed by atoms with Crippen LogP contribution in [-0.2, 0) is 6.54 Å². The molecule has 0 amide bonds. The molecule has 132 valence electrons. The van der Waals surface area contributed by atoms with E-state index in [1.54, 1.807) is 7.11 Å². The number of nitrogens with zero attached hydrogens (tertiary/aromatic N) is 3. The topological polar surface area (TPSA) is 87.2 Å². The van der Waals surface area contributed by atoms with Crippen molar-refractivity contribution in [2.75, 3.05) is 20.2 Å². The van der Waals surface area contributed by atoms with Crippen LogP contribution in [0.25, 0.3) is 11.4 Å². The molecule has 0 spiro atoms. The van der Waals surface area contributed by atoms with Crippen LogP contribution in [0.4, 0.5) is 0 Å². The first-order chi connectivity index (χ1) is 11.3. The average Bonchev–Trinajstić information content (AvgIpc) is 3.06. The van der Waals surface area contributed by atoms with Crippen molar-refractivity contribution >= 4 is 29.9 Å². The molecule has 8 heteroatoms. The van der Waals surface area contributed by atoms with Crippen LogP contribution in [0, 0.1) is 0 Å². The van der Waals surface area contributed by atoms with Gasteiger partial charge in [0.05, 0.1) is 7.11 Å². The summed E-state index contributed by atoms with van der Waals surface area (Å²) in [6, 6.07) is 7.65. The molecule has 2 rings (SSSR count). The maximum atomic E-state index is 5.15. The van der Waals surface area contributed by atoms with E-state index in [2.05, 4.69) is 37.7 Å². The first-order valence-electron chi connectivity index (χ1n) is 7.84. The normalized spacial score (nSPS) is 10.9. The Morgan fingerprint density at radius 1 is 1.21 bits per heavy atom. The van der Waals surface area contributed by atoms with Crippen LogP contribution in [0.15, 0.2) is 29.3 Å². The highest BCUT2D eigenvalue weighted by Crippen LogP contribution is 2.18. The van der Waals surface area contributed by atoms with E-state index in [4.69, 9.17) is 4.74 Å². The van der Waals surface area contributed by atoms with Crippen molar-refractivity contribution in [1.82, 2.24) is 25.8 Å². The van der Waals surface area contributed by atoms with Gasteiger partial charge in [-0.05, 0) is 37.6 Å². The Hall–Kier alpha value is -1.84. The lowest BCUT2D eigenvalue weighted by Crippen LogP contribution is -2.37. The molecule has 0 unspecified atom stereocenters. The molecule has 1 aromatic heterocycles. The molecule has 0 atom stereocenters. The summed E-state index contributed by atoms with van der Waals surface area (Å²) in [6.07, 6.45) is 1.05. The second-order valence-electron chi connectivity index (χ2n) is 4.96. The van der Waals surface area contributed by atoms with Crippen LogP contribution in [0.5, 0.6) is 5.75 Å². The minimum Gasteiger partial charge on any atom is -0.497 e. The van der Waals surface area contributed by atoms with E-state index >= 15 is 0 Å². The lowest BCUT2D eigenvalue weighted by atomic mass is 10.2. The molecule has 0 saturated carbocycles. The van der Waals surface area contributed by atoms with Crippen LogP contribution in [-0.4, -0.2) is 41.3 Å². The van der Waals surface area contributed by atoms with E-state index in [1.807, 2.05) is 31.2 Å². The van der Waals surface area contributed by atoms with Gasteiger partial charge in [-0.1, -0.05) is 6.92 Å². The largest absolute Gasteiger partial charge is 0.497 e. The Bertz CT molecular complexity index is 626. The number of hydrogen-bond acceptors (Lipinski definition) is 4. The molecule has 0 aliphatic rings. The van der Waals surface area contributed by atoms with E-state index in [9.17, 15) is 0 Å². The van der Waals surface area contributed by atoms with Gasteiger partial charge in [0.2, 0.25) is 0 Å². The first kappa shape index (κ1) is 20.2. The van der Waals surface area contributed by atoms with Crippen LogP contribution in [0.3, 0.4) is 0 Å². The summed E-state index contributed by atoms with van der Waals surface area (Å²) in [4.78, 5) is 8.97. The lowest BCUT2D eigenvalue weighted by molar-refractivity contribution is 0.415. The van der Waals surface area contributed by atoms with Crippen LogP contribution >= 0.6 is 24.0 Å². The number of benzene rings is 1. The minimum atomic E-state index is 0. The summed E-state index contributed by atoms with van der Waals surface area (Å²) < 4.78 is 5.15. The van der Waals surface area contributed by atoms with Gasteiger partial charge < -0.3 is 15.4 Å². The van der Waals surface area contributed by atoms with E-state index < -0.39 is 0 Å². The zero-order valence-electron chi connectivity index (χ0n) is 14.3. The SMILES string of the molecule is CCCNC(=NCc1nc(-c2ccc(OC)cc2)n[nH]1)NCC.I. The van der Waals surface area contributed by atoms with Gasteiger partial charge >= 0.3 is 0 Å². The van der Waals surface area contributed by atoms with Crippen LogP contribution < -0.4 is 15.4 Å². The smallest absolute Gasteiger partial charge is 0.191 e. The quantitative estimate of drug-likeness (QED) is 0.347. The summed E-state index contributed by atoms with van der Waals surface area (Å²) in [7, 11) is 1.65. The fourth-order valence-corrected chi connectivity index (χ4v) is 1.97. The molecule has 0 bridgehead atoms. The second kappa shape index (κ2) is 10.8. The summed E-state index contributed by atoms with van der Waals surface area (Å²) in [5, 5.41) is 13.6. The number of guanidine groups is 1. The van der Waals surface area contributed by atoms with Gasteiger partial charge in [-0.3, -0.25) is 5.10 Å². The lowest BCUT2D eigenvalue weighted by Gasteiger charge is -2.09. The molecule has 0 radical (unpaired) electrons. The monoisotopic (exact) mass is 444 g/mol. The molecule has 24 heavy (non-hydrogen) atoms. The van der Waals surface area contributed by atoms with Crippen LogP contribution in [0.2, 0.25) is 0 Å². The molecule has 0 aliphatic carbocycles. The summed E-state index contributed by atoms with van der Waals surface area (Å²) in [6.45, 7) is 6.32. The fourth-order valence-electron chi connectivity index (χ4n) is 1.97. The molecule has 3 N–H and O–H groups in total. The molecule has 0 saturated heterocycles. The number of halogens is 1. The first-order valence-corrected chi connectivity index (χ1v) is 7.84. The van der Waals surface area contributed by atoms with Gasteiger partial charge in [0.1, 0.15) is 18.1 Å². The van der Waals surface area contributed by atoms with E-state index in [0.717, 1.165) is 42.6 Å². The molecule has 1 aromatic carbocycles. The predicted octanol–water partition coefficient (Wildman–Crippen LogP) is 2.56. The van der Waals surface area contributed by atoms with Gasteiger partial charge in [-0.2, -0.15) is 5.10 Å². The maximum Gasteiger partial charge on any atom is 0.191 e. The van der Waals surface area contributed by atoms with E-state index in [-0.39, 0.29) is 24.0 Å². The molecule has 7 nitrogen and oxygen atoms in total. The van der Waals surface area contributed by atoms with Gasteiger partial charge in [0.15, 0.2) is 11.8 Å². The average molecular weight is 444 g/mol. The third-order valence-corrected chi connectivity index (χ3v) is 3.15. The number of aliphatic imine (C=N–C) groups is 1. The van der Waals surface area contributed by atoms with Gasteiger partial charge in [0.25, 0.3) is 0 Å². The van der Waals surface area contributed by atoms with E-state index in [0.29, 0.717) is 12.4 Å². The number of rotatable bonds is 7. The van der Waals surface area contributed by atoms with Crippen molar-refractivity contribution in [2.45, 2.75) is 26.8 Å². The Balaban J connectivity index is 0.00000288. The standard InChI is InChI=1S/C16H24N6O.HI/c1-4-10-18-16(17-5-2)19-11-14-20-15(22-21-14)12-6-8-13(23-3)9-7-12;/h6-9H,4-5,10-11H2,1-3H3,(H2,17,18,19)(H,20,21,22);1H. The predicted molar refractivity (Wildman–Crippen MR) is 107 cm³/mol. The van der Waals surface area contributed by atoms with E-state index in [1.165, 1.54) is 0 Å². The summed E-state index contributed by atoms with van der Waals surface area (Å²) in [5.41, 5.74) is 0.938. The Kier molecular flexibility index (Phi) is 9.13. The van der Waals surface area contributed by atoms with Crippen molar-refractivity contribution in [3.63, 3.8) is 0 Å². The molecule has 0 aliphatic heterocycles. The highest BCUT2D eigenvalue weighted by Gasteiger charge is 2.06. The number of H-pyrrole nitrogens is 1. The molecule has 0 fully saturated rings. The fraction of sp³-hybridized carbons (Fsp3) is 0.438. The highest BCUT2D eigenvalue weighted by molar-refractivity contribution is 14.0. The van der Waals surface area contributed by atoms with Gasteiger partial charge in [0, 0.05) is 18.7 Å². The van der Waals surface area contributed by atoms with Gasteiger partial charge in [-0.15, -0.1) is 24.0 Å². The minimum absolute atomic E-state index is 0. The summed E-state index contributed by atoms with van der Waals surface area (Å²) in [5.74, 6) is 2.98. The third kappa shape index (κ3) is 5.99. The number of hydrogen-bond donors (Lipinski definition) is 3. The Labute approximate surface area is 159 Å². The number of aromatic amines is 1. The van der Waals surface area contributed by atoms with Gasteiger partial charge in [-0.25, -0.2) is 9.98 Å². The van der Waals surface area contributed by atoms with Crippen molar-refractivity contribution in [2.24, 2.45) is 4.99 Å². The van der Waals surface area contributed by atoms with Crippen molar-refractivity contribution < 1.29 is 4.74 Å². The van der Waals surface area contributed by atoms with Crippen molar-refractivity contribution in [3.8, 4) is 17.1 Å². The number of methoxy groups -OCH3 is 1. The Morgan fingerprint density at radius 3 is 2.58 bits per heavy atom. The van der Waals surface area contributed by atoms with Crippen molar-refractivity contribution in [3.05, 3.63) is 30.1 Å². The highest BCUT2D eigenvalue weighted by atomic mass is 127. The molecular weight excluding hydrogens is 419 g/mol. The van der Waals surface area contributed by atoms with Crippen LogP contribution in [0.1, 0.15) is 26.1 Å². The molecular formula is C16H25IN6O. The van der Waals surface area contributed by atoms with Crippen molar-refractivity contribution in [1.29, 1.82) is 0 Å². The second-order valence-corrected chi connectivity index (χ2v) is 4.96. The molecule has 1 heterocycles. The Morgan fingerprint density at radius 2 is 1.96 bits per heavy atom. The zero-order valence-corrected chi connectivity index (χ0v) is 16.6.